The summed E-state index contributed by atoms with van der Waals surface area (Å²) in [6.45, 7) is 1.14. The summed E-state index contributed by atoms with van der Waals surface area (Å²) in [5, 5.41) is 8.02. The van der Waals surface area contributed by atoms with Gasteiger partial charge in [0, 0.05) is 6.92 Å². The van der Waals surface area contributed by atoms with Crippen molar-refractivity contribution in [2.24, 2.45) is 5.92 Å². The second-order valence-electron chi connectivity index (χ2n) is 6.54. The lowest BCUT2D eigenvalue weighted by molar-refractivity contribution is -0.127. The highest BCUT2D eigenvalue weighted by Gasteiger charge is 2.26. The zero-order chi connectivity index (χ0) is 18.1. The van der Waals surface area contributed by atoms with Crippen molar-refractivity contribution >= 4 is 17.7 Å². The number of amides is 3. The Morgan fingerprint density at radius 2 is 1.60 bits per heavy atom. The lowest BCUT2D eigenvalue weighted by atomic mass is 9.81. The van der Waals surface area contributed by atoms with Crippen LogP contribution in [-0.2, 0) is 14.4 Å². The second-order valence-corrected chi connectivity index (χ2v) is 6.54. The first-order valence-corrected chi connectivity index (χ1v) is 8.91. The SMILES string of the molecule is CC(=O)NCC(=O)NCC(=O)NC(c1ccccc1)C1CCCCC1. The molecule has 1 aliphatic rings. The van der Waals surface area contributed by atoms with Gasteiger partial charge in [-0.2, -0.15) is 0 Å². The number of carbonyl (C=O) groups is 3. The predicted molar refractivity (Wildman–Crippen MR) is 95.6 cm³/mol. The zero-order valence-electron chi connectivity index (χ0n) is 14.7. The minimum Gasteiger partial charge on any atom is -0.347 e. The smallest absolute Gasteiger partial charge is 0.239 e. The Morgan fingerprint density at radius 1 is 0.960 bits per heavy atom. The van der Waals surface area contributed by atoms with Crippen LogP contribution in [-0.4, -0.2) is 30.8 Å². The van der Waals surface area contributed by atoms with Gasteiger partial charge < -0.3 is 16.0 Å². The van der Waals surface area contributed by atoms with Crippen LogP contribution >= 0.6 is 0 Å². The van der Waals surface area contributed by atoms with Gasteiger partial charge in [-0.05, 0) is 24.3 Å². The maximum atomic E-state index is 12.3. The fraction of sp³-hybridized carbons (Fsp3) is 0.526. The van der Waals surface area contributed by atoms with Crippen molar-refractivity contribution in [3.8, 4) is 0 Å². The van der Waals surface area contributed by atoms with E-state index in [0.29, 0.717) is 5.92 Å². The quantitative estimate of drug-likeness (QED) is 0.702. The van der Waals surface area contributed by atoms with Crippen molar-refractivity contribution in [1.29, 1.82) is 0 Å². The van der Waals surface area contributed by atoms with Gasteiger partial charge in [0.05, 0.1) is 19.1 Å². The average Bonchev–Trinajstić information content (AvgIpc) is 2.64. The van der Waals surface area contributed by atoms with Crippen molar-refractivity contribution < 1.29 is 14.4 Å². The lowest BCUT2D eigenvalue weighted by Gasteiger charge is -2.31. The molecule has 1 saturated carbocycles. The minimum absolute atomic E-state index is 0.0266. The molecule has 1 atom stereocenters. The summed E-state index contributed by atoms with van der Waals surface area (Å²) in [6, 6.07) is 9.97. The van der Waals surface area contributed by atoms with E-state index < -0.39 is 0 Å². The average molecular weight is 345 g/mol. The zero-order valence-corrected chi connectivity index (χ0v) is 14.7. The van der Waals surface area contributed by atoms with E-state index in [4.69, 9.17) is 0 Å². The lowest BCUT2D eigenvalue weighted by Crippen LogP contribution is -2.43. The summed E-state index contributed by atoms with van der Waals surface area (Å²) in [5.41, 5.74) is 1.10. The molecule has 0 saturated heterocycles. The summed E-state index contributed by atoms with van der Waals surface area (Å²) in [6.07, 6.45) is 5.85. The third-order valence-corrected chi connectivity index (χ3v) is 4.54. The molecule has 0 radical (unpaired) electrons. The molecule has 25 heavy (non-hydrogen) atoms. The molecular weight excluding hydrogens is 318 g/mol. The van der Waals surface area contributed by atoms with E-state index in [1.54, 1.807) is 0 Å². The summed E-state index contributed by atoms with van der Waals surface area (Å²) >= 11 is 0. The van der Waals surface area contributed by atoms with Crippen LogP contribution in [0.25, 0.3) is 0 Å². The van der Waals surface area contributed by atoms with Gasteiger partial charge in [-0.15, -0.1) is 0 Å². The number of hydrogen-bond donors (Lipinski definition) is 3. The molecule has 0 spiro atoms. The third-order valence-electron chi connectivity index (χ3n) is 4.54. The second kappa shape index (κ2) is 9.81. The van der Waals surface area contributed by atoms with Crippen LogP contribution in [0.15, 0.2) is 30.3 Å². The van der Waals surface area contributed by atoms with Crippen LogP contribution in [0.4, 0.5) is 0 Å². The maximum Gasteiger partial charge on any atom is 0.239 e. The maximum absolute atomic E-state index is 12.3. The molecule has 3 amide bonds. The summed E-state index contributed by atoms with van der Waals surface area (Å²) in [4.78, 5) is 34.7. The first-order valence-electron chi connectivity index (χ1n) is 8.91. The summed E-state index contributed by atoms with van der Waals surface area (Å²) in [5.74, 6) is -0.439. The van der Waals surface area contributed by atoms with E-state index in [2.05, 4.69) is 16.0 Å². The number of hydrogen-bond acceptors (Lipinski definition) is 3. The fourth-order valence-corrected chi connectivity index (χ4v) is 3.27. The molecule has 0 aliphatic heterocycles. The van der Waals surface area contributed by atoms with E-state index in [1.165, 1.54) is 26.2 Å². The molecule has 1 fully saturated rings. The van der Waals surface area contributed by atoms with E-state index in [1.807, 2.05) is 30.3 Å². The molecule has 3 N–H and O–H groups in total. The molecule has 1 aromatic rings. The van der Waals surface area contributed by atoms with E-state index in [0.717, 1.165) is 18.4 Å². The van der Waals surface area contributed by atoms with E-state index in [9.17, 15) is 14.4 Å². The Hall–Kier alpha value is -2.37. The molecule has 2 rings (SSSR count). The first kappa shape index (κ1) is 19.0. The van der Waals surface area contributed by atoms with Gasteiger partial charge in [0.15, 0.2) is 0 Å². The van der Waals surface area contributed by atoms with Crippen molar-refractivity contribution in [3.05, 3.63) is 35.9 Å². The van der Waals surface area contributed by atoms with Crippen LogP contribution < -0.4 is 16.0 Å². The highest BCUT2D eigenvalue weighted by atomic mass is 16.2. The Kier molecular flexibility index (Phi) is 7.44. The predicted octanol–water partition coefficient (Wildman–Crippen LogP) is 1.68. The largest absolute Gasteiger partial charge is 0.347 e. The van der Waals surface area contributed by atoms with Crippen molar-refractivity contribution in [2.75, 3.05) is 13.1 Å². The van der Waals surface area contributed by atoms with Crippen molar-refractivity contribution in [2.45, 2.75) is 45.1 Å². The van der Waals surface area contributed by atoms with Gasteiger partial charge in [0.25, 0.3) is 0 Å². The van der Waals surface area contributed by atoms with Gasteiger partial charge in [0.2, 0.25) is 17.7 Å². The molecular formula is C19H27N3O3. The van der Waals surface area contributed by atoms with Crippen LogP contribution in [0.1, 0.15) is 50.6 Å². The molecule has 0 bridgehead atoms. The third kappa shape index (κ3) is 6.57. The van der Waals surface area contributed by atoms with Gasteiger partial charge >= 0.3 is 0 Å². The molecule has 0 heterocycles. The van der Waals surface area contributed by atoms with Crippen molar-refractivity contribution in [3.63, 3.8) is 0 Å². The number of nitrogens with one attached hydrogen (secondary N) is 3. The monoisotopic (exact) mass is 345 g/mol. The molecule has 6 heteroatoms. The molecule has 1 aliphatic carbocycles. The minimum atomic E-state index is -0.376. The molecule has 6 nitrogen and oxygen atoms in total. The first-order chi connectivity index (χ1) is 12.1. The van der Waals surface area contributed by atoms with E-state index in [-0.39, 0.29) is 36.9 Å². The van der Waals surface area contributed by atoms with Crippen LogP contribution in [0.2, 0.25) is 0 Å². The standard InChI is InChI=1S/C19H27N3O3/c1-14(23)20-12-17(24)21-13-18(25)22-19(15-8-4-2-5-9-15)16-10-6-3-7-11-16/h2,4-5,8-9,16,19H,3,6-7,10-13H2,1H3,(H,20,23)(H,21,24)(H,22,25). The van der Waals surface area contributed by atoms with Crippen molar-refractivity contribution in [1.82, 2.24) is 16.0 Å². The molecule has 136 valence electrons. The Bertz CT molecular complexity index is 583. The van der Waals surface area contributed by atoms with Crippen LogP contribution in [0.3, 0.4) is 0 Å². The van der Waals surface area contributed by atoms with Crippen LogP contribution in [0, 0.1) is 5.92 Å². The topological polar surface area (TPSA) is 87.3 Å². The normalized spacial score (nSPS) is 15.9. The van der Waals surface area contributed by atoms with Gasteiger partial charge in [-0.25, -0.2) is 0 Å². The summed E-state index contributed by atoms with van der Waals surface area (Å²) in [7, 11) is 0. The number of rotatable bonds is 7. The Labute approximate surface area is 148 Å². The molecule has 1 aromatic carbocycles. The highest BCUT2D eigenvalue weighted by Crippen LogP contribution is 2.34. The van der Waals surface area contributed by atoms with Crippen LogP contribution in [0.5, 0.6) is 0 Å². The Morgan fingerprint density at radius 3 is 2.24 bits per heavy atom. The highest BCUT2D eigenvalue weighted by molar-refractivity contribution is 5.87. The Balaban J connectivity index is 1.91. The van der Waals surface area contributed by atoms with Gasteiger partial charge in [-0.1, -0.05) is 49.6 Å². The van der Waals surface area contributed by atoms with E-state index >= 15 is 0 Å². The number of carbonyl (C=O) groups excluding carboxylic acids is 3. The fourth-order valence-electron chi connectivity index (χ4n) is 3.27. The molecule has 1 unspecified atom stereocenters. The summed E-state index contributed by atoms with van der Waals surface area (Å²) < 4.78 is 0. The van der Waals surface area contributed by atoms with Gasteiger partial charge in [0.1, 0.15) is 0 Å². The number of benzene rings is 1. The molecule has 0 aromatic heterocycles. The van der Waals surface area contributed by atoms with Gasteiger partial charge in [-0.3, -0.25) is 14.4 Å².